The van der Waals surface area contributed by atoms with Gasteiger partial charge in [-0.15, -0.1) is 0 Å². The van der Waals surface area contributed by atoms with Crippen LogP contribution < -0.4 is 0 Å². The summed E-state index contributed by atoms with van der Waals surface area (Å²) >= 11 is 3.06. The normalized spacial score (nSPS) is 18.9. The number of rotatable bonds is 2. The monoisotopic (exact) mass is 314 g/mol. The molecule has 5 heteroatoms. The van der Waals surface area contributed by atoms with Crippen LogP contribution in [0.2, 0.25) is 0 Å². The van der Waals surface area contributed by atoms with Crippen LogP contribution in [0, 0.1) is 0 Å². The highest BCUT2D eigenvalue weighted by Crippen LogP contribution is 2.39. The summed E-state index contributed by atoms with van der Waals surface area (Å²) in [4.78, 5) is 0. The van der Waals surface area contributed by atoms with Gasteiger partial charge in [-0.3, -0.25) is 4.39 Å². The molecule has 0 amide bonds. The van der Waals surface area contributed by atoms with E-state index in [4.69, 9.17) is 0 Å². The molecule has 0 saturated carbocycles. The van der Waals surface area contributed by atoms with Crippen LogP contribution in [-0.4, -0.2) is 17.9 Å². The van der Waals surface area contributed by atoms with E-state index in [9.17, 15) is 17.6 Å². The van der Waals surface area contributed by atoms with Gasteiger partial charge in [0.25, 0.3) is 5.92 Å². The zero-order chi connectivity index (χ0) is 13.5. The van der Waals surface area contributed by atoms with Crippen LogP contribution >= 0.6 is 15.9 Å². The summed E-state index contributed by atoms with van der Waals surface area (Å²) in [6.07, 6.45) is 3.53. The van der Waals surface area contributed by atoms with Crippen LogP contribution in [0.3, 0.4) is 0 Å². The molecule has 17 heavy (non-hydrogen) atoms. The van der Waals surface area contributed by atoms with Crippen molar-refractivity contribution in [2.45, 2.75) is 26.2 Å². The maximum Gasteiger partial charge on any atom is 0.279 e. The molecule has 0 saturated heterocycles. The van der Waals surface area contributed by atoms with Gasteiger partial charge in [0.1, 0.15) is 5.83 Å². The molecule has 0 atom stereocenters. The Morgan fingerprint density at radius 1 is 1.53 bits per heavy atom. The van der Waals surface area contributed by atoms with Crippen molar-refractivity contribution < 1.29 is 17.6 Å². The van der Waals surface area contributed by atoms with Crippen LogP contribution in [0.5, 0.6) is 0 Å². The molecule has 1 aliphatic carbocycles. The van der Waals surface area contributed by atoms with Crippen LogP contribution in [0.1, 0.15) is 20.3 Å². The van der Waals surface area contributed by atoms with Gasteiger partial charge in [-0.25, -0.2) is 13.2 Å². The van der Waals surface area contributed by atoms with Crippen molar-refractivity contribution in [1.29, 1.82) is 0 Å². The number of halogens is 5. The Labute approximate surface area is 107 Å². The first-order valence-electron chi connectivity index (χ1n) is 5.16. The highest BCUT2D eigenvalue weighted by Gasteiger charge is 2.38. The Morgan fingerprint density at radius 3 is 2.47 bits per heavy atom. The third-order valence-electron chi connectivity index (χ3n) is 2.02. The van der Waals surface area contributed by atoms with E-state index in [0.29, 0.717) is 5.57 Å². The van der Waals surface area contributed by atoms with Crippen molar-refractivity contribution in [3.8, 4) is 0 Å². The van der Waals surface area contributed by atoms with E-state index in [2.05, 4.69) is 15.9 Å². The summed E-state index contributed by atoms with van der Waals surface area (Å²) in [5, 5.41) is 0.232. The predicted molar refractivity (Wildman–Crippen MR) is 66.0 cm³/mol. The minimum Gasteiger partial charge on any atom is -0.251 e. The molecule has 98 valence electrons. The van der Waals surface area contributed by atoms with Gasteiger partial charge < -0.3 is 0 Å². The summed E-state index contributed by atoms with van der Waals surface area (Å²) in [6.45, 7) is 2.61. The molecule has 0 N–H and O–H groups in total. The van der Waals surface area contributed by atoms with E-state index < -0.39 is 23.7 Å². The molecule has 0 spiro atoms. The summed E-state index contributed by atoms with van der Waals surface area (Å²) in [5.41, 5.74) is -0.184. The fraction of sp³-hybridized carbons (Fsp3) is 0.500. The Hall–Kier alpha value is -0.580. The van der Waals surface area contributed by atoms with Crippen LogP contribution in [0.15, 0.2) is 35.2 Å². The lowest BCUT2D eigenvalue weighted by atomic mass is 9.93. The van der Waals surface area contributed by atoms with Gasteiger partial charge in [0.05, 0.1) is 12.2 Å². The second-order valence-electron chi connectivity index (χ2n) is 3.25. The SMILES string of the molecule is C/C=C(/F)C1=C(CBr)C=CCC1(F)F.CCF. The average Bonchev–Trinajstić information content (AvgIpc) is 2.27. The molecule has 0 aromatic carbocycles. The third kappa shape index (κ3) is 4.66. The quantitative estimate of drug-likeness (QED) is 0.490. The van der Waals surface area contributed by atoms with Crippen LogP contribution in [0.25, 0.3) is 0 Å². The second kappa shape index (κ2) is 7.69. The standard InChI is InChI=1S/C10H10BrF3.C2H5F/c1-2-8(12)9-7(6-11)4-3-5-10(9,13)14;1-2-3/h2-4H,5-6H2,1H3;2H2,1H3/b8-2+;. The Balaban J connectivity index is 0.000000770. The highest BCUT2D eigenvalue weighted by molar-refractivity contribution is 9.09. The Morgan fingerprint density at radius 2 is 2.06 bits per heavy atom. The number of alkyl halides is 4. The van der Waals surface area contributed by atoms with E-state index in [0.717, 1.165) is 6.08 Å². The van der Waals surface area contributed by atoms with E-state index >= 15 is 0 Å². The van der Waals surface area contributed by atoms with Crippen molar-refractivity contribution in [1.82, 2.24) is 0 Å². The van der Waals surface area contributed by atoms with Gasteiger partial charge in [-0.1, -0.05) is 34.2 Å². The molecular weight excluding hydrogens is 300 g/mol. The summed E-state index contributed by atoms with van der Waals surface area (Å²) in [6, 6.07) is 0. The van der Waals surface area contributed by atoms with Gasteiger partial charge >= 0.3 is 0 Å². The van der Waals surface area contributed by atoms with Crippen molar-refractivity contribution >= 4 is 15.9 Å². The van der Waals surface area contributed by atoms with E-state index in [-0.39, 0.29) is 12.0 Å². The zero-order valence-electron chi connectivity index (χ0n) is 9.74. The first-order chi connectivity index (χ1) is 7.94. The van der Waals surface area contributed by atoms with Crippen LogP contribution in [0.4, 0.5) is 17.6 Å². The molecule has 0 radical (unpaired) electrons. The van der Waals surface area contributed by atoms with Gasteiger partial charge in [0, 0.05) is 11.8 Å². The summed E-state index contributed by atoms with van der Waals surface area (Å²) in [5.74, 6) is -3.93. The van der Waals surface area contributed by atoms with E-state index in [1.807, 2.05) is 0 Å². The van der Waals surface area contributed by atoms with Crippen LogP contribution in [-0.2, 0) is 0 Å². The van der Waals surface area contributed by atoms with Crippen molar-refractivity contribution in [3.05, 3.63) is 35.2 Å². The molecule has 0 aliphatic heterocycles. The second-order valence-corrected chi connectivity index (χ2v) is 3.81. The first-order valence-corrected chi connectivity index (χ1v) is 6.28. The lowest BCUT2D eigenvalue weighted by Gasteiger charge is -2.23. The number of allylic oxidation sites excluding steroid dienone is 6. The maximum absolute atomic E-state index is 13.3. The molecule has 0 nitrogen and oxygen atoms in total. The lowest BCUT2D eigenvalue weighted by Crippen LogP contribution is -2.23. The topological polar surface area (TPSA) is 0 Å². The molecule has 1 aliphatic rings. The molecular formula is C12H15BrF4. The van der Waals surface area contributed by atoms with E-state index in [1.165, 1.54) is 26.0 Å². The third-order valence-corrected chi connectivity index (χ3v) is 2.62. The molecule has 0 aromatic rings. The zero-order valence-corrected chi connectivity index (χ0v) is 11.3. The molecule has 0 aromatic heterocycles. The highest BCUT2D eigenvalue weighted by atomic mass is 79.9. The Kier molecular flexibility index (Phi) is 7.43. The van der Waals surface area contributed by atoms with Crippen molar-refractivity contribution in [3.63, 3.8) is 0 Å². The molecule has 1 rings (SSSR count). The summed E-state index contributed by atoms with van der Waals surface area (Å²) < 4.78 is 50.2. The van der Waals surface area contributed by atoms with Gasteiger partial charge in [-0.2, -0.15) is 0 Å². The van der Waals surface area contributed by atoms with Gasteiger partial charge in [-0.05, 0) is 19.4 Å². The molecule has 0 fully saturated rings. The minimum atomic E-state index is -3.09. The lowest BCUT2D eigenvalue weighted by molar-refractivity contribution is 0.0424. The minimum absolute atomic E-state index is 0.232. The first kappa shape index (κ1) is 16.4. The average molecular weight is 315 g/mol. The number of hydrogen-bond donors (Lipinski definition) is 0. The molecule has 0 bridgehead atoms. The smallest absolute Gasteiger partial charge is 0.251 e. The van der Waals surface area contributed by atoms with Gasteiger partial charge in [0.15, 0.2) is 0 Å². The number of hydrogen-bond acceptors (Lipinski definition) is 0. The largest absolute Gasteiger partial charge is 0.279 e. The van der Waals surface area contributed by atoms with Crippen molar-refractivity contribution in [2.75, 3.05) is 12.0 Å². The summed E-state index contributed by atoms with van der Waals surface area (Å²) in [7, 11) is 0. The fourth-order valence-corrected chi connectivity index (χ4v) is 1.82. The predicted octanol–water partition coefficient (Wildman–Crippen LogP) is 5.12. The van der Waals surface area contributed by atoms with E-state index in [1.54, 1.807) is 0 Å². The maximum atomic E-state index is 13.3. The molecule has 0 unspecified atom stereocenters. The van der Waals surface area contributed by atoms with Gasteiger partial charge in [0.2, 0.25) is 0 Å². The Bertz CT molecular complexity index is 329. The van der Waals surface area contributed by atoms with Crippen molar-refractivity contribution in [2.24, 2.45) is 0 Å². The molecule has 0 heterocycles. The fourth-order valence-electron chi connectivity index (χ4n) is 1.35.